The molecule has 0 N–H and O–H groups in total. The van der Waals surface area contributed by atoms with Crippen LogP contribution in [0.15, 0.2) is 192 Å². The highest BCUT2D eigenvalue weighted by molar-refractivity contribution is 7.99. The van der Waals surface area contributed by atoms with Crippen molar-refractivity contribution in [1.82, 2.24) is 9.55 Å². The van der Waals surface area contributed by atoms with Crippen LogP contribution < -0.4 is 0 Å². The van der Waals surface area contributed by atoms with Crippen molar-refractivity contribution in [2.45, 2.75) is 15.2 Å². The van der Waals surface area contributed by atoms with Crippen molar-refractivity contribution in [3.8, 4) is 39.3 Å². The standard InChI is InChI=1S/C48H30N2S/c1-2-15-33(16-3-1)50-44-24-12-11-23-43(44)49-47(50)32-26-28-38-36-19-7-6-18-35(36)37-20-8-9-21-39(37)48(42(38)30-32)40-22-10-13-25-45(40)51-46-34-17-5-4-14-31(34)27-29-41(46)48/h1-30H. The predicted molar refractivity (Wildman–Crippen MR) is 211 cm³/mol. The number of hydrogen-bond acceptors (Lipinski definition) is 2. The largest absolute Gasteiger partial charge is 0.292 e. The zero-order chi connectivity index (χ0) is 33.5. The summed E-state index contributed by atoms with van der Waals surface area (Å²) in [5.41, 5.74) is 13.9. The van der Waals surface area contributed by atoms with Crippen LogP contribution in [0, 0.1) is 0 Å². The molecule has 1 aromatic heterocycles. The fraction of sp³-hybridized carbons (Fsp3) is 0.0208. The van der Waals surface area contributed by atoms with Gasteiger partial charge in [-0.1, -0.05) is 157 Å². The summed E-state index contributed by atoms with van der Waals surface area (Å²) in [5, 5.41) is 2.55. The third kappa shape index (κ3) is 3.98. The highest BCUT2D eigenvalue weighted by atomic mass is 32.2. The average molecular weight is 667 g/mol. The molecule has 0 bridgehead atoms. The number of para-hydroxylation sites is 3. The molecule has 238 valence electrons. The fourth-order valence-electron chi connectivity index (χ4n) is 8.78. The topological polar surface area (TPSA) is 17.8 Å². The van der Waals surface area contributed by atoms with E-state index in [2.05, 4.69) is 187 Å². The summed E-state index contributed by atoms with van der Waals surface area (Å²) < 4.78 is 2.31. The normalized spacial score (nSPS) is 15.5. The van der Waals surface area contributed by atoms with Crippen LogP contribution in [0.25, 0.3) is 61.1 Å². The summed E-state index contributed by atoms with van der Waals surface area (Å²) in [6.07, 6.45) is 0. The third-order valence-corrected chi connectivity index (χ3v) is 12.1. The first-order chi connectivity index (χ1) is 25.3. The van der Waals surface area contributed by atoms with Crippen LogP contribution >= 0.6 is 11.8 Å². The monoisotopic (exact) mass is 666 g/mol. The minimum atomic E-state index is -0.605. The molecule has 1 aliphatic heterocycles. The van der Waals surface area contributed by atoms with E-state index in [0.29, 0.717) is 0 Å². The second-order valence-corrected chi connectivity index (χ2v) is 14.5. The second kappa shape index (κ2) is 10.9. The van der Waals surface area contributed by atoms with Gasteiger partial charge in [-0.25, -0.2) is 4.98 Å². The van der Waals surface area contributed by atoms with Crippen LogP contribution in [0.3, 0.4) is 0 Å². The Labute approximate surface area is 300 Å². The predicted octanol–water partition coefficient (Wildman–Crippen LogP) is 12.3. The third-order valence-electron chi connectivity index (χ3n) is 10.9. The minimum Gasteiger partial charge on any atom is -0.292 e. The smallest absolute Gasteiger partial charge is 0.145 e. The average Bonchev–Trinajstić information content (AvgIpc) is 3.56. The maximum absolute atomic E-state index is 5.34. The highest BCUT2D eigenvalue weighted by Gasteiger charge is 2.48. The molecule has 0 saturated heterocycles. The molecule has 0 saturated carbocycles. The van der Waals surface area contributed by atoms with E-state index in [9.17, 15) is 0 Å². The molecular formula is C48H30N2S. The summed E-state index contributed by atoms with van der Waals surface area (Å²) in [6, 6.07) is 66.9. The van der Waals surface area contributed by atoms with Crippen LogP contribution in [0.5, 0.6) is 0 Å². The van der Waals surface area contributed by atoms with Gasteiger partial charge in [-0.2, -0.15) is 0 Å². The number of aromatic nitrogens is 2. The van der Waals surface area contributed by atoms with Gasteiger partial charge in [0.25, 0.3) is 0 Å². The van der Waals surface area contributed by atoms with Crippen molar-refractivity contribution in [3.05, 3.63) is 204 Å². The maximum atomic E-state index is 5.34. The molecule has 8 aromatic carbocycles. The number of imidazole rings is 1. The molecule has 1 atom stereocenters. The molecule has 3 heteroatoms. The van der Waals surface area contributed by atoms with Gasteiger partial charge in [0, 0.05) is 21.0 Å². The van der Waals surface area contributed by atoms with Crippen molar-refractivity contribution in [3.63, 3.8) is 0 Å². The highest BCUT2D eigenvalue weighted by Crippen LogP contribution is 2.62. The molecular weight excluding hydrogens is 637 g/mol. The van der Waals surface area contributed by atoms with E-state index in [1.54, 1.807) is 0 Å². The van der Waals surface area contributed by atoms with E-state index in [0.717, 1.165) is 28.1 Å². The first-order valence-corrected chi connectivity index (χ1v) is 18.3. The summed E-state index contributed by atoms with van der Waals surface area (Å²) in [7, 11) is 0. The maximum Gasteiger partial charge on any atom is 0.145 e. The SMILES string of the molecule is c1ccc(-n2c(-c3ccc4c(c3)C3(c5ccccc5Sc5c3ccc3ccccc53)c3ccccc3-c3ccccc3-4)nc3ccccc32)cc1. The van der Waals surface area contributed by atoms with Gasteiger partial charge in [0.2, 0.25) is 0 Å². The number of nitrogens with zero attached hydrogens (tertiary/aromatic N) is 2. The Hall–Kier alpha value is -6.16. The molecule has 1 spiro atoms. The molecule has 2 nitrogen and oxygen atoms in total. The van der Waals surface area contributed by atoms with Gasteiger partial charge in [-0.05, 0) is 91.7 Å². The van der Waals surface area contributed by atoms with Crippen LogP contribution in [-0.2, 0) is 5.41 Å². The number of fused-ring (bicyclic) bond motifs is 14. The lowest BCUT2D eigenvalue weighted by molar-refractivity contribution is 0.711. The first kappa shape index (κ1) is 28.7. The van der Waals surface area contributed by atoms with Gasteiger partial charge in [0.15, 0.2) is 0 Å². The van der Waals surface area contributed by atoms with Gasteiger partial charge in [0.05, 0.1) is 16.4 Å². The van der Waals surface area contributed by atoms with Crippen LogP contribution in [0.2, 0.25) is 0 Å². The molecule has 1 aliphatic carbocycles. The number of hydrogen-bond donors (Lipinski definition) is 0. The van der Waals surface area contributed by atoms with Crippen LogP contribution in [-0.4, -0.2) is 9.55 Å². The van der Waals surface area contributed by atoms with Gasteiger partial charge in [0.1, 0.15) is 5.82 Å². The van der Waals surface area contributed by atoms with E-state index in [-0.39, 0.29) is 0 Å². The lowest BCUT2D eigenvalue weighted by Gasteiger charge is -2.43. The Morgan fingerprint density at radius 3 is 2.00 bits per heavy atom. The fourth-order valence-corrected chi connectivity index (χ4v) is 10.1. The summed E-state index contributed by atoms with van der Waals surface area (Å²) in [5.74, 6) is 0.934. The number of benzene rings is 8. The molecule has 0 amide bonds. The lowest BCUT2D eigenvalue weighted by atomic mass is 9.62. The van der Waals surface area contributed by atoms with E-state index in [1.807, 2.05) is 11.8 Å². The first-order valence-electron chi connectivity index (χ1n) is 17.5. The Kier molecular flexibility index (Phi) is 6.14. The van der Waals surface area contributed by atoms with E-state index in [4.69, 9.17) is 4.98 Å². The van der Waals surface area contributed by atoms with Crippen molar-refractivity contribution in [1.29, 1.82) is 0 Å². The van der Waals surface area contributed by atoms with Gasteiger partial charge >= 0.3 is 0 Å². The molecule has 11 rings (SSSR count). The van der Waals surface area contributed by atoms with E-state index in [1.165, 1.54) is 65.1 Å². The van der Waals surface area contributed by atoms with Gasteiger partial charge in [-0.15, -0.1) is 0 Å². The molecule has 2 aliphatic rings. The van der Waals surface area contributed by atoms with E-state index >= 15 is 0 Å². The molecule has 0 radical (unpaired) electrons. The Morgan fingerprint density at radius 1 is 0.471 bits per heavy atom. The molecule has 9 aromatic rings. The zero-order valence-electron chi connectivity index (χ0n) is 27.6. The number of rotatable bonds is 2. The Bertz CT molecular complexity index is 2850. The Balaban J connectivity index is 1.33. The van der Waals surface area contributed by atoms with Crippen molar-refractivity contribution >= 4 is 33.6 Å². The van der Waals surface area contributed by atoms with Crippen LogP contribution in [0.4, 0.5) is 0 Å². The zero-order valence-corrected chi connectivity index (χ0v) is 28.4. The van der Waals surface area contributed by atoms with Crippen molar-refractivity contribution in [2.75, 3.05) is 0 Å². The molecule has 51 heavy (non-hydrogen) atoms. The lowest BCUT2D eigenvalue weighted by Crippen LogP contribution is -2.34. The Morgan fingerprint density at radius 2 is 1.14 bits per heavy atom. The second-order valence-electron chi connectivity index (χ2n) is 13.5. The van der Waals surface area contributed by atoms with Crippen molar-refractivity contribution in [2.24, 2.45) is 0 Å². The molecule has 2 heterocycles. The van der Waals surface area contributed by atoms with Crippen LogP contribution in [0.1, 0.15) is 22.3 Å². The van der Waals surface area contributed by atoms with E-state index < -0.39 is 5.41 Å². The quantitative estimate of drug-likeness (QED) is 0.183. The summed E-state index contributed by atoms with van der Waals surface area (Å²) >= 11 is 1.91. The molecule has 1 unspecified atom stereocenters. The van der Waals surface area contributed by atoms with Crippen molar-refractivity contribution < 1.29 is 0 Å². The molecule has 0 fully saturated rings. The minimum absolute atomic E-state index is 0.605. The van der Waals surface area contributed by atoms with Gasteiger partial charge in [-0.3, -0.25) is 4.57 Å². The summed E-state index contributed by atoms with van der Waals surface area (Å²) in [6.45, 7) is 0. The van der Waals surface area contributed by atoms with Gasteiger partial charge < -0.3 is 0 Å². The summed E-state index contributed by atoms with van der Waals surface area (Å²) in [4.78, 5) is 7.95.